The van der Waals surface area contributed by atoms with Crippen LogP contribution in [-0.2, 0) is 21.5 Å². The van der Waals surface area contributed by atoms with E-state index in [-0.39, 0.29) is 11.3 Å². The van der Waals surface area contributed by atoms with Crippen molar-refractivity contribution in [2.24, 2.45) is 0 Å². The first-order valence-corrected chi connectivity index (χ1v) is 11.8. The molecule has 1 saturated heterocycles. The molecule has 0 bridgehead atoms. The number of alkyl halides is 3. The Bertz CT molecular complexity index is 952. The lowest BCUT2D eigenvalue weighted by Gasteiger charge is -2.40. The molecular weight excluding hydrogens is 453 g/mol. The highest BCUT2D eigenvalue weighted by molar-refractivity contribution is 7.07. The molecule has 1 atom stereocenters. The molecule has 9 heteroatoms. The number of halogens is 3. The first-order chi connectivity index (χ1) is 15.5. The second-order valence-corrected chi connectivity index (χ2v) is 9.75. The summed E-state index contributed by atoms with van der Waals surface area (Å²) in [6.45, 7) is 3.38. The van der Waals surface area contributed by atoms with Crippen LogP contribution in [0.4, 0.5) is 13.2 Å². The molecule has 2 heterocycles. The van der Waals surface area contributed by atoms with Gasteiger partial charge in [0.2, 0.25) is 5.91 Å². The maximum Gasteiger partial charge on any atom is 0.490 e. The molecule has 2 aromatic rings. The van der Waals surface area contributed by atoms with E-state index in [1.807, 2.05) is 14.1 Å². The number of hydrogen-bond acceptors (Lipinski definition) is 4. The van der Waals surface area contributed by atoms with E-state index in [4.69, 9.17) is 9.90 Å². The molecule has 1 amide bonds. The highest BCUT2D eigenvalue weighted by atomic mass is 32.1. The lowest BCUT2D eigenvalue weighted by atomic mass is 9.73. The molecular formula is C24H29F3N2O3S. The van der Waals surface area contributed by atoms with Crippen LogP contribution in [0.1, 0.15) is 48.3 Å². The van der Waals surface area contributed by atoms with Gasteiger partial charge in [-0.3, -0.25) is 9.69 Å². The third-order valence-corrected chi connectivity index (χ3v) is 7.30. The molecule has 0 radical (unpaired) electrons. The summed E-state index contributed by atoms with van der Waals surface area (Å²) in [7, 11) is 3.73. The average Bonchev–Trinajstić information content (AvgIpc) is 3.37. The fraction of sp³-hybridized carbons (Fsp3) is 0.500. The lowest BCUT2D eigenvalue weighted by Crippen LogP contribution is -2.41. The molecule has 1 aliphatic heterocycles. The minimum absolute atomic E-state index is 0.247. The molecule has 1 spiro atoms. The van der Waals surface area contributed by atoms with Crippen molar-refractivity contribution in [1.29, 1.82) is 0 Å². The second-order valence-electron chi connectivity index (χ2n) is 8.97. The Morgan fingerprint density at radius 1 is 1.18 bits per heavy atom. The van der Waals surface area contributed by atoms with Gasteiger partial charge in [-0.1, -0.05) is 24.3 Å². The van der Waals surface area contributed by atoms with Gasteiger partial charge < -0.3 is 10.0 Å². The number of carbonyl (C=O) groups is 2. The van der Waals surface area contributed by atoms with Crippen molar-refractivity contribution in [2.75, 3.05) is 27.2 Å². The van der Waals surface area contributed by atoms with Gasteiger partial charge in [0.05, 0.1) is 0 Å². The summed E-state index contributed by atoms with van der Waals surface area (Å²) >= 11 is 1.78. The van der Waals surface area contributed by atoms with Crippen LogP contribution in [0, 0.1) is 0 Å². The molecule has 2 aliphatic rings. The number of fused-ring (bicyclic) bond motifs is 2. The third-order valence-electron chi connectivity index (χ3n) is 6.57. The molecule has 1 aromatic heterocycles. The smallest absolute Gasteiger partial charge is 0.475 e. The number of carboxylic acids is 1. The zero-order chi connectivity index (χ0) is 24.2. The maximum atomic E-state index is 12.3. The van der Waals surface area contributed by atoms with Crippen LogP contribution in [0.15, 0.2) is 41.1 Å². The van der Waals surface area contributed by atoms with E-state index < -0.39 is 12.1 Å². The van der Waals surface area contributed by atoms with Gasteiger partial charge in [0.1, 0.15) is 0 Å². The Balaban J connectivity index is 0.000000383. The number of amides is 1. The number of carbonyl (C=O) groups excluding carboxylic acids is 1. The first kappa shape index (κ1) is 25.2. The molecule has 5 nitrogen and oxygen atoms in total. The van der Waals surface area contributed by atoms with Crippen molar-refractivity contribution in [3.8, 4) is 0 Å². The summed E-state index contributed by atoms with van der Waals surface area (Å²) in [6, 6.07) is 11.1. The monoisotopic (exact) mass is 482 g/mol. The number of benzene rings is 1. The van der Waals surface area contributed by atoms with Gasteiger partial charge in [-0.15, -0.1) is 0 Å². The quantitative estimate of drug-likeness (QED) is 0.675. The van der Waals surface area contributed by atoms with E-state index in [0.29, 0.717) is 12.3 Å². The minimum atomic E-state index is -5.08. The predicted octanol–water partition coefficient (Wildman–Crippen LogP) is 4.88. The summed E-state index contributed by atoms with van der Waals surface area (Å²) in [5.41, 5.74) is 4.66. The Morgan fingerprint density at radius 2 is 1.82 bits per heavy atom. The van der Waals surface area contributed by atoms with E-state index in [9.17, 15) is 18.0 Å². The predicted molar refractivity (Wildman–Crippen MR) is 121 cm³/mol. The van der Waals surface area contributed by atoms with E-state index >= 15 is 0 Å². The molecule has 4 rings (SSSR count). The minimum Gasteiger partial charge on any atom is -0.475 e. The molecule has 1 fully saturated rings. The Kier molecular flexibility index (Phi) is 7.84. The van der Waals surface area contributed by atoms with Crippen LogP contribution in [0.25, 0.3) is 0 Å². The summed E-state index contributed by atoms with van der Waals surface area (Å²) in [4.78, 5) is 25.5. The van der Waals surface area contributed by atoms with Crippen molar-refractivity contribution in [3.63, 3.8) is 0 Å². The van der Waals surface area contributed by atoms with Gasteiger partial charge in [0.15, 0.2) is 0 Å². The SMILES string of the molecule is CN(C)C(=O)CC1CC2(CCN(Cc3ccsc3)CC2)c2ccccc21.O=C(O)C(F)(F)F. The highest BCUT2D eigenvalue weighted by Crippen LogP contribution is 2.52. The maximum absolute atomic E-state index is 12.3. The van der Waals surface area contributed by atoms with Gasteiger partial charge in [-0.05, 0) is 77.2 Å². The summed E-state index contributed by atoms with van der Waals surface area (Å²) in [5.74, 6) is -2.13. The number of thiophene rings is 1. The van der Waals surface area contributed by atoms with Crippen LogP contribution in [-0.4, -0.2) is 60.1 Å². The Hall–Kier alpha value is -2.39. The third kappa shape index (κ3) is 6.14. The van der Waals surface area contributed by atoms with E-state index in [0.717, 1.165) is 26.1 Å². The topological polar surface area (TPSA) is 60.9 Å². The van der Waals surface area contributed by atoms with Gasteiger partial charge in [0, 0.05) is 27.1 Å². The first-order valence-electron chi connectivity index (χ1n) is 10.8. The molecule has 1 aliphatic carbocycles. The summed E-state index contributed by atoms with van der Waals surface area (Å²) in [6.07, 6.45) is -0.885. The van der Waals surface area contributed by atoms with E-state index in [1.54, 1.807) is 16.2 Å². The van der Waals surface area contributed by atoms with Crippen molar-refractivity contribution in [3.05, 3.63) is 57.8 Å². The van der Waals surface area contributed by atoms with Crippen LogP contribution < -0.4 is 0 Å². The van der Waals surface area contributed by atoms with Crippen molar-refractivity contribution >= 4 is 23.2 Å². The second kappa shape index (κ2) is 10.3. The lowest BCUT2D eigenvalue weighted by molar-refractivity contribution is -0.192. The normalized spacial score (nSPS) is 19.5. The van der Waals surface area contributed by atoms with Crippen molar-refractivity contribution < 1.29 is 27.9 Å². The largest absolute Gasteiger partial charge is 0.490 e. The number of nitrogens with zero attached hydrogens (tertiary/aromatic N) is 2. The molecule has 33 heavy (non-hydrogen) atoms. The molecule has 1 aromatic carbocycles. The average molecular weight is 483 g/mol. The van der Waals surface area contributed by atoms with Crippen LogP contribution in [0.2, 0.25) is 0 Å². The highest BCUT2D eigenvalue weighted by Gasteiger charge is 2.45. The van der Waals surface area contributed by atoms with Gasteiger partial charge in [0.25, 0.3) is 0 Å². The summed E-state index contributed by atoms with van der Waals surface area (Å²) < 4.78 is 31.7. The fourth-order valence-electron chi connectivity index (χ4n) is 4.86. The fourth-order valence-corrected chi connectivity index (χ4v) is 5.52. The van der Waals surface area contributed by atoms with Crippen LogP contribution in [0.5, 0.6) is 0 Å². The molecule has 1 N–H and O–H groups in total. The zero-order valence-electron chi connectivity index (χ0n) is 18.8. The van der Waals surface area contributed by atoms with Crippen molar-refractivity contribution in [1.82, 2.24) is 9.80 Å². The summed E-state index contributed by atoms with van der Waals surface area (Å²) in [5, 5.41) is 11.6. The standard InChI is InChI=1S/C22H28N2OS.C2HF3O2/c1-23(2)21(25)13-18-14-22(20-6-4-3-5-19(18)20)8-10-24(11-9-22)15-17-7-12-26-16-17;3-2(4,5)1(6)7/h3-7,12,16,18H,8-11,13-15H2,1-2H3;(H,6,7). The van der Waals surface area contributed by atoms with Gasteiger partial charge in [-0.25, -0.2) is 4.79 Å². The molecule has 180 valence electrons. The van der Waals surface area contributed by atoms with Crippen LogP contribution >= 0.6 is 11.3 Å². The zero-order valence-corrected chi connectivity index (χ0v) is 19.6. The van der Waals surface area contributed by atoms with E-state index in [1.165, 1.54) is 29.5 Å². The number of aliphatic carboxylic acids is 1. The Morgan fingerprint density at radius 3 is 2.36 bits per heavy atom. The number of hydrogen-bond donors (Lipinski definition) is 1. The molecule has 1 unspecified atom stereocenters. The van der Waals surface area contributed by atoms with E-state index in [2.05, 4.69) is 46.0 Å². The number of carboxylic acid groups (broad SMARTS) is 1. The van der Waals surface area contributed by atoms with Crippen molar-refractivity contribution in [2.45, 2.75) is 49.7 Å². The molecule has 0 saturated carbocycles. The van der Waals surface area contributed by atoms with Gasteiger partial charge >= 0.3 is 12.1 Å². The Labute approximate surface area is 195 Å². The number of likely N-dealkylation sites (tertiary alicyclic amines) is 1. The number of rotatable bonds is 4. The van der Waals surface area contributed by atoms with Crippen LogP contribution in [0.3, 0.4) is 0 Å². The van der Waals surface area contributed by atoms with Gasteiger partial charge in [-0.2, -0.15) is 24.5 Å². The number of piperidine rings is 1.